The van der Waals surface area contributed by atoms with E-state index in [9.17, 15) is 9.59 Å². The van der Waals surface area contributed by atoms with Crippen LogP contribution in [-0.4, -0.2) is 34.3 Å². The zero-order chi connectivity index (χ0) is 12.4. The average molecular weight is 254 g/mol. The molecule has 1 saturated heterocycles. The molecule has 2 rings (SSSR count). The molecule has 1 fully saturated rings. The van der Waals surface area contributed by atoms with E-state index in [4.69, 9.17) is 17.3 Å². The number of carbonyl (C=O) groups is 2. The molecule has 1 unspecified atom stereocenters. The quantitative estimate of drug-likeness (QED) is 0.793. The molecule has 0 bridgehead atoms. The van der Waals surface area contributed by atoms with Crippen LogP contribution in [0.25, 0.3) is 0 Å². The van der Waals surface area contributed by atoms with Gasteiger partial charge < -0.3 is 10.6 Å². The molecule has 1 aromatic heterocycles. The Hall–Kier alpha value is -1.62. The van der Waals surface area contributed by atoms with E-state index in [0.717, 1.165) is 6.42 Å². The lowest BCUT2D eigenvalue weighted by Crippen LogP contribution is -2.43. The van der Waals surface area contributed by atoms with Crippen LogP contribution in [0.4, 0.5) is 0 Å². The maximum absolute atomic E-state index is 12.1. The number of amides is 2. The topological polar surface area (TPSA) is 76.3 Å². The first-order valence-electron chi connectivity index (χ1n) is 5.32. The van der Waals surface area contributed by atoms with E-state index in [0.29, 0.717) is 13.0 Å². The minimum atomic E-state index is -0.525. The number of hydrogen-bond donors (Lipinski definition) is 1. The number of carbonyl (C=O) groups excluding carboxylic acids is 2. The minimum Gasteiger partial charge on any atom is -0.368 e. The summed E-state index contributed by atoms with van der Waals surface area (Å²) in [5, 5.41) is 0.255. The molecule has 2 amide bonds. The minimum absolute atomic E-state index is 0.241. The fourth-order valence-electron chi connectivity index (χ4n) is 1.98. The average Bonchev–Trinajstić information content (AvgIpc) is 2.77. The van der Waals surface area contributed by atoms with Crippen molar-refractivity contribution in [3.63, 3.8) is 0 Å². The van der Waals surface area contributed by atoms with Gasteiger partial charge in [0.25, 0.3) is 5.91 Å². The third-order valence-corrected chi connectivity index (χ3v) is 2.99. The zero-order valence-electron chi connectivity index (χ0n) is 9.10. The van der Waals surface area contributed by atoms with Gasteiger partial charge in [0.2, 0.25) is 5.91 Å². The largest absolute Gasteiger partial charge is 0.368 e. The van der Waals surface area contributed by atoms with Crippen molar-refractivity contribution in [3.8, 4) is 0 Å². The Morgan fingerprint density at radius 1 is 1.47 bits per heavy atom. The highest BCUT2D eigenvalue weighted by atomic mass is 35.5. The molecule has 1 aliphatic heterocycles. The summed E-state index contributed by atoms with van der Waals surface area (Å²) in [5.74, 6) is -0.772. The molecule has 1 aromatic rings. The van der Waals surface area contributed by atoms with Gasteiger partial charge in [-0.05, 0) is 25.0 Å². The Kier molecular flexibility index (Phi) is 3.28. The van der Waals surface area contributed by atoms with Crippen LogP contribution in [0.15, 0.2) is 18.2 Å². The number of pyridine rings is 1. The first-order valence-corrected chi connectivity index (χ1v) is 5.70. The third-order valence-electron chi connectivity index (χ3n) is 2.78. The summed E-state index contributed by atoms with van der Waals surface area (Å²) in [6, 6.07) is 4.29. The van der Waals surface area contributed by atoms with Crippen LogP contribution >= 0.6 is 11.6 Å². The summed E-state index contributed by atoms with van der Waals surface area (Å²) >= 11 is 5.72. The second-order valence-corrected chi connectivity index (χ2v) is 4.29. The normalized spacial score (nSPS) is 19.4. The maximum Gasteiger partial charge on any atom is 0.273 e. The SMILES string of the molecule is NC(=O)C1CCCN1C(=O)c1cccc(Cl)n1. The maximum atomic E-state index is 12.1. The van der Waals surface area contributed by atoms with Crippen molar-refractivity contribution in [2.75, 3.05) is 6.54 Å². The van der Waals surface area contributed by atoms with Crippen LogP contribution in [0.5, 0.6) is 0 Å². The molecule has 0 spiro atoms. The molecule has 17 heavy (non-hydrogen) atoms. The van der Waals surface area contributed by atoms with Crippen LogP contribution in [0, 0.1) is 0 Å². The highest BCUT2D eigenvalue weighted by Gasteiger charge is 2.33. The molecular formula is C11H12ClN3O2. The van der Waals surface area contributed by atoms with Gasteiger partial charge in [0.15, 0.2) is 0 Å². The zero-order valence-corrected chi connectivity index (χ0v) is 9.85. The number of nitrogens with zero attached hydrogens (tertiary/aromatic N) is 2. The molecule has 2 heterocycles. The van der Waals surface area contributed by atoms with E-state index in [1.165, 1.54) is 4.90 Å². The Balaban J connectivity index is 2.23. The van der Waals surface area contributed by atoms with Crippen molar-refractivity contribution in [2.24, 2.45) is 5.73 Å². The molecule has 6 heteroatoms. The van der Waals surface area contributed by atoms with E-state index in [2.05, 4.69) is 4.98 Å². The lowest BCUT2D eigenvalue weighted by Gasteiger charge is -2.21. The number of aromatic nitrogens is 1. The Morgan fingerprint density at radius 3 is 2.88 bits per heavy atom. The second-order valence-electron chi connectivity index (χ2n) is 3.90. The standard InChI is InChI=1S/C11H12ClN3O2/c12-9-5-1-3-7(14-9)11(17)15-6-2-4-8(15)10(13)16/h1,3,5,8H,2,4,6H2,(H2,13,16). The summed E-state index contributed by atoms with van der Waals surface area (Å²) in [6.07, 6.45) is 1.39. The highest BCUT2D eigenvalue weighted by Crippen LogP contribution is 2.19. The summed E-state index contributed by atoms with van der Waals surface area (Å²) in [7, 11) is 0. The summed E-state index contributed by atoms with van der Waals surface area (Å²) in [5.41, 5.74) is 5.50. The van der Waals surface area contributed by atoms with Crippen molar-refractivity contribution in [2.45, 2.75) is 18.9 Å². The van der Waals surface area contributed by atoms with Crippen LogP contribution < -0.4 is 5.73 Å². The molecule has 90 valence electrons. The van der Waals surface area contributed by atoms with Crippen molar-refractivity contribution in [3.05, 3.63) is 29.0 Å². The first-order chi connectivity index (χ1) is 8.09. The van der Waals surface area contributed by atoms with Gasteiger partial charge in [-0.2, -0.15) is 0 Å². The van der Waals surface area contributed by atoms with E-state index in [1.807, 2.05) is 0 Å². The van der Waals surface area contributed by atoms with Crippen molar-refractivity contribution < 1.29 is 9.59 Å². The number of primary amides is 1. The molecular weight excluding hydrogens is 242 g/mol. The number of halogens is 1. The van der Waals surface area contributed by atoms with Crippen LogP contribution in [-0.2, 0) is 4.79 Å². The van der Waals surface area contributed by atoms with Gasteiger partial charge in [0.05, 0.1) is 0 Å². The lowest BCUT2D eigenvalue weighted by molar-refractivity contribution is -0.121. The molecule has 2 N–H and O–H groups in total. The molecule has 0 aliphatic carbocycles. The van der Waals surface area contributed by atoms with Crippen LogP contribution in [0.1, 0.15) is 23.3 Å². The number of hydrogen-bond acceptors (Lipinski definition) is 3. The van der Waals surface area contributed by atoms with Gasteiger partial charge in [-0.15, -0.1) is 0 Å². The van der Waals surface area contributed by atoms with E-state index < -0.39 is 11.9 Å². The van der Waals surface area contributed by atoms with Crippen molar-refractivity contribution in [1.82, 2.24) is 9.88 Å². The lowest BCUT2D eigenvalue weighted by atomic mass is 10.2. The van der Waals surface area contributed by atoms with Crippen LogP contribution in [0.3, 0.4) is 0 Å². The molecule has 0 aromatic carbocycles. The van der Waals surface area contributed by atoms with Crippen molar-refractivity contribution in [1.29, 1.82) is 0 Å². The monoisotopic (exact) mass is 253 g/mol. The molecule has 1 atom stereocenters. The van der Waals surface area contributed by atoms with Crippen LogP contribution in [0.2, 0.25) is 5.15 Å². The molecule has 1 aliphatic rings. The van der Waals surface area contributed by atoms with Gasteiger partial charge in [-0.1, -0.05) is 17.7 Å². The Labute approximate surface area is 104 Å². The van der Waals surface area contributed by atoms with Gasteiger partial charge in [-0.25, -0.2) is 4.98 Å². The van der Waals surface area contributed by atoms with Gasteiger partial charge in [-0.3, -0.25) is 9.59 Å². The predicted molar refractivity (Wildman–Crippen MR) is 62.5 cm³/mol. The summed E-state index contributed by atoms with van der Waals surface area (Å²) in [6.45, 7) is 0.528. The summed E-state index contributed by atoms with van der Waals surface area (Å²) in [4.78, 5) is 28.7. The fourth-order valence-corrected chi connectivity index (χ4v) is 2.14. The number of nitrogens with two attached hydrogens (primary N) is 1. The number of likely N-dealkylation sites (tertiary alicyclic amines) is 1. The van der Waals surface area contributed by atoms with E-state index >= 15 is 0 Å². The molecule has 0 saturated carbocycles. The number of rotatable bonds is 2. The van der Waals surface area contributed by atoms with Gasteiger partial charge in [0.1, 0.15) is 16.9 Å². The highest BCUT2D eigenvalue weighted by molar-refractivity contribution is 6.29. The Bertz CT molecular complexity index is 464. The smallest absolute Gasteiger partial charge is 0.273 e. The molecule has 0 radical (unpaired) electrons. The van der Waals surface area contributed by atoms with E-state index in [1.54, 1.807) is 18.2 Å². The van der Waals surface area contributed by atoms with Gasteiger partial charge in [0, 0.05) is 6.54 Å². The second kappa shape index (κ2) is 4.71. The van der Waals surface area contributed by atoms with E-state index in [-0.39, 0.29) is 16.8 Å². The predicted octanol–water partition coefficient (Wildman–Crippen LogP) is 0.825. The Morgan fingerprint density at radius 2 is 2.24 bits per heavy atom. The van der Waals surface area contributed by atoms with Crippen molar-refractivity contribution >= 4 is 23.4 Å². The summed E-state index contributed by atoms with van der Waals surface area (Å²) < 4.78 is 0. The third kappa shape index (κ3) is 2.39. The molecule has 5 nitrogen and oxygen atoms in total. The fraction of sp³-hybridized carbons (Fsp3) is 0.364. The first kappa shape index (κ1) is 11.9. The van der Waals surface area contributed by atoms with Gasteiger partial charge >= 0.3 is 0 Å².